The first-order valence-corrected chi connectivity index (χ1v) is 11.6. The van der Waals surface area contributed by atoms with Crippen LogP contribution in [-0.2, 0) is 14.3 Å². The molecule has 2 amide bonds. The number of benzene rings is 3. The molecular weight excluding hydrogens is 466 g/mol. The highest BCUT2D eigenvalue weighted by atomic mass is 32.1. The molecule has 3 aromatic carbocycles. The Kier molecular flexibility index (Phi) is 7.69. The Bertz CT molecular complexity index is 1320. The third-order valence-electron chi connectivity index (χ3n) is 5.12. The molecule has 35 heavy (non-hydrogen) atoms. The summed E-state index contributed by atoms with van der Waals surface area (Å²) < 4.78 is 11.2. The number of fused-ring (bicyclic) bond motifs is 1. The molecule has 2 N–H and O–H groups in total. The number of carbonyl (C=O) groups excluding carboxylic acids is 3. The van der Waals surface area contributed by atoms with Crippen molar-refractivity contribution in [1.29, 1.82) is 0 Å². The van der Waals surface area contributed by atoms with Crippen molar-refractivity contribution in [3.8, 4) is 5.75 Å². The van der Waals surface area contributed by atoms with Crippen molar-refractivity contribution in [3.05, 3.63) is 90.0 Å². The molecule has 0 fully saturated rings. The second-order valence-electron chi connectivity index (χ2n) is 7.57. The topological polar surface area (TPSA) is 107 Å². The molecule has 1 unspecified atom stereocenters. The molecule has 0 bridgehead atoms. The first-order valence-electron chi connectivity index (χ1n) is 10.8. The second kappa shape index (κ2) is 11.3. The molecule has 0 aliphatic heterocycles. The largest absolute Gasteiger partial charge is 0.497 e. The molecule has 8 nitrogen and oxygen atoms in total. The molecule has 0 saturated heterocycles. The van der Waals surface area contributed by atoms with Crippen LogP contribution < -0.4 is 15.4 Å². The van der Waals surface area contributed by atoms with Crippen LogP contribution in [0.2, 0.25) is 0 Å². The van der Waals surface area contributed by atoms with Crippen LogP contribution in [0.5, 0.6) is 5.75 Å². The van der Waals surface area contributed by atoms with E-state index in [1.165, 1.54) is 11.3 Å². The van der Waals surface area contributed by atoms with Crippen LogP contribution >= 0.6 is 11.3 Å². The van der Waals surface area contributed by atoms with Crippen LogP contribution in [0, 0.1) is 0 Å². The van der Waals surface area contributed by atoms with Gasteiger partial charge >= 0.3 is 5.97 Å². The number of esters is 1. The smallest absolute Gasteiger partial charge is 0.308 e. The number of ether oxygens (including phenoxy) is 2. The highest BCUT2D eigenvalue weighted by Gasteiger charge is 2.21. The quantitative estimate of drug-likeness (QED) is 0.339. The van der Waals surface area contributed by atoms with Crippen molar-refractivity contribution in [3.63, 3.8) is 0 Å². The maximum Gasteiger partial charge on any atom is 0.308 e. The molecule has 4 rings (SSSR count). The fourth-order valence-electron chi connectivity index (χ4n) is 3.38. The molecule has 1 aromatic heterocycles. The van der Waals surface area contributed by atoms with E-state index in [9.17, 15) is 14.4 Å². The molecular formula is C26H23N3O5S. The lowest BCUT2D eigenvalue weighted by molar-refractivity contribution is -0.147. The van der Waals surface area contributed by atoms with E-state index in [0.717, 1.165) is 15.8 Å². The van der Waals surface area contributed by atoms with Crippen LogP contribution in [0.1, 0.15) is 28.4 Å². The molecule has 178 valence electrons. The van der Waals surface area contributed by atoms with E-state index in [0.29, 0.717) is 16.4 Å². The lowest BCUT2D eigenvalue weighted by Gasteiger charge is -2.18. The third-order valence-corrected chi connectivity index (χ3v) is 6.05. The Morgan fingerprint density at radius 3 is 2.40 bits per heavy atom. The number of nitrogens with zero attached hydrogens (tertiary/aromatic N) is 1. The first-order chi connectivity index (χ1) is 17.0. The standard InChI is InChI=1S/C26H23N3O5S/c1-33-19-12-13-20-22(14-19)35-26(28-20)29-23(30)16-34-24(31)15-21(17-8-4-2-5-9-17)27-25(32)18-10-6-3-7-11-18/h2-14,21H,15-16H2,1H3,(H,27,32)(H,28,29,30). The number of hydrogen-bond acceptors (Lipinski definition) is 7. The number of amides is 2. The van der Waals surface area contributed by atoms with E-state index in [2.05, 4.69) is 15.6 Å². The molecule has 4 aromatic rings. The van der Waals surface area contributed by atoms with Gasteiger partial charge in [-0.25, -0.2) is 4.98 Å². The molecule has 0 saturated carbocycles. The lowest BCUT2D eigenvalue weighted by Crippen LogP contribution is -2.31. The van der Waals surface area contributed by atoms with E-state index in [1.54, 1.807) is 43.5 Å². The fourth-order valence-corrected chi connectivity index (χ4v) is 4.29. The zero-order chi connectivity index (χ0) is 24.6. The molecule has 1 atom stereocenters. The van der Waals surface area contributed by atoms with Crippen molar-refractivity contribution < 1.29 is 23.9 Å². The Labute approximate surface area is 205 Å². The average Bonchev–Trinajstić information content (AvgIpc) is 3.29. The number of thiazole rings is 1. The Hall–Kier alpha value is -4.24. The summed E-state index contributed by atoms with van der Waals surface area (Å²) in [5, 5.41) is 5.91. The Morgan fingerprint density at radius 1 is 0.971 bits per heavy atom. The Morgan fingerprint density at radius 2 is 1.69 bits per heavy atom. The van der Waals surface area contributed by atoms with E-state index in [1.807, 2.05) is 42.5 Å². The number of anilines is 1. The normalized spacial score (nSPS) is 11.5. The molecule has 0 aliphatic rings. The summed E-state index contributed by atoms with van der Waals surface area (Å²) in [6, 6.07) is 22.7. The Balaban J connectivity index is 1.35. The van der Waals surface area contributed by atoms with Crippen molar-refractivity contribution in [2.75, 3.05) is 19.0 Å². The van der Waals surface area contributed by atoms with Gasteiger partial charge < -0.3 is 14.8 Å². The fraction of sp³-hybridized carbons (Fsp3) is 0.154. The summed E-state index contributed by atoms with van der Waals surface area (Å²) in [4.78, 5) is 41.9. The van der Waals surface area contributed by atoms with Crippen LogP contribution in [0.4, 0.5) is 5.13 Å². The van der Waals surface area contributed by atoms with Gasteiger partial charge in [0.1, 0.15) is 5.75 Å². The minimum Gasteiger partial charge on any atom is -0.497 e. The van der Waals surface area contributed by atoms with Crippen LogP contribution in [-0.4, -0.2) is 36.5 Å². The van der Waals surface area contributed by atoms with Gasteiger partial charge in [0.05, 0.1) is 29.8 Å². The molecule has 0 spiro atoms. The van der Waals surface area contributed by atoms with E-state index >= 15 is 0 Å². The van der Waals surface area contributed by atoms with Crippen molar-refractivity contribution >= 4 is 44.5 Å². The molecule has 0 radical (unpaired) electrons. The zero-order valence-electron chi connectivity index (χ0n) is 18.9. The van der Waals surface area contributed by atoms with Crippen LogP contribution in [0.3, 0.4) is 0 Å². The highest BCUT2D eigenvalue weighted by Crippen LogP contribution is 2.29. The summed E-state index contributed by atoms with van der Waals surface area (Å²) in [6.45, 7) is -0.466. The lowest BCUT2D eigenvalue weighted by atomic mass is 10.0. The van der Waals surface area contributed by atoms with Crippen LogP contribution in [0.15, 0.2) is 78.9 Å². The molecule has 1 heterocycles. The maximum absolute atomic E-state index is 12.7. The van der Waals surface area contributed by atoms with Gasteiger partial charge in [0.15, 0.2) is 11.7 Å². The summed E-state index contributed by atoms with van der Waals surface area (Å²) in [5.74, 6) is -0.733. The predicted octanol–water partition coefficient (Wildman–Crippen LogP) is 4.35. The number of aromatic nitrogens is 1. The third kappa shape index (κ3) is 6.42. The van der Waals surface area contributed by atoms with Gasteiger partial charge in [0.2, 0.25) is 0 Å². The van der Waals surface area contributed by atoms with Crippen molar-refractivity contribution in [2.24, 2.45) is 0 Å². The van der Waals surface area contributed by atoms with Gasteiger partial charge in [-0.05, 0) is 35.9 Å². The number of rotatable bonds is 9. The van der Waals surface area contributed by atoms with Gasteiger partial charge in [0.25, 0.3) is 11.8 Å². The van der Waals surface area contributed by atoms with Gasteiger partial charge in [-0.2, -0.15) is 0 Å². The number of hydrogen-bond donors (Lipinski definition) is 2. The van der Waals surface area contributed by atoms with E-state index in [4.69, 9.17) is 9.47 Å². The summed E-state index contributed by atoms with van der Waals surface area (Å²) in [7, 11) is 1.58. The second-order valence-corrected chi connectivity index (χ2v) is 8.60. The average molecular weight is 490 g/mol. The molecule has 9 heteroatoms. The van der Waals surface area contributed by atoms with Crippen molar-refractivity contribution in [1.82, 2.24) is 10.3 Å². The number of methoxy groups -OCH3 is 1. The minimum atomic E-state index is -0.614. The number of carbonyl (C=O) groups is 3. The SMILES string of the molecule is COc1ccc2nc(NC(=O)COC(=O)CC(NC(=O)c3ccccc3)c3ccccc3)sc2c1. The van der Waals surface area contributed by atoms with Gasteiger partial charge in [0, 0.05) is 5.56 Å². The molecule has 0 aliphatic carbocycles. The monoisotopic (exact) mass is 489 g/mol. The minimum absolute atomic E-state index is 0.128. The zero-order valence-corrected chi connectivity index (χ0v) is 19.7. The van der Waals surface area contributed by atoms with Gasteiger partial charge in [-0.15, -0.1) is 0 Å². The predicted molar refractivity (Wildman–Crippen MR) is 133 cm³/mol. The van der Waals surface area contributed by atoms with Crippen LogP contribution in [0.25, 0.3) is 10.2 Å². The summed E-state index contributed by atoms with van der Waals surface area (Å²) in [6.07, 6.45) is -0.128. The van der Waals surface area contributed by atoms with E-state index in [-0.39, 0.29) is 12.3 Å². The summed E-state index contributed by atoms with van der Waals surface area (Å²) in [5.41, 5.74) is 1.96. The summed E-state index contributed by atoms with van der Waals surface area (Å²) >= 11 is 1.29. The van der Waals surface area contributed by atoms with Gasteiger partial charge in [-0.3, -0.25) is 19.7 Å². The van der Waals surface area contributed by atoms with E-state index < -0.39 is 24.5 Å². The maximum atomic E-state index is 12.7. The number of nitrogens with one attached hydrogen (secondary N) is 2. The highest BCUT2D eigenvalue weighted by molar-refractivity contribution is 7.22. The van der Waals surface area contributed by atoms with Gasteiger partial charge in [-0.1, -0.05) is 59.9 Å². The first kappa shape index (κ1) is 23.9. The van der Waals surface area contributed by atoms with Crippen molar-refractivity contribution in [2.45, 2.75) is 12.5 Å².